The average Bonchev–Trinajstić information content (AvgIpc) is 3.30. The lowest BCUT2D eigenvalue weighted by Gasteiger charge is -2.29. The number of amides is 1. The molecular weight excluding hydrogens is 502 g/mol. The molecule has 0 bridgehead atoms. The first-order valence-electron chi connectivity index (χ1n) is 14.2. The molecule has 0 aromatic rings. The van der Waals surface area contributed by atoms with Crippen LogP contribution in [0.5, 0.6) is 0 Å². The van der Waals surface area contributed by atoms with E-state index < -0.39 is 0 Å². The van der Waals surface area contributed by atoms with E-state index in [0.29, 0.717) is 30.1 Å². The van der Waals surface area contributed by atoms with Crippen molar-refractivity contribution in [3.05, 3.63) is 35.6 Å². The minimum absolute atomic E-state index is 0.0489. The van der Waals surface area contributed by atoms with Gasteiger partial charge in [-0.1, -0.05) is 73.9 Å². The number of ether oxygens (including phenoxy) is 2. The van der Waals surface area contributed by atoms with E-state index >= 15 is 0 Å². The van der Waals surface area contributed by atoms with Gasteiger partial charge in [0.1, 0.15) is 5.76 Å². The lowest BCUT2D eigenvalue weighted by molar-refractivity contribution is -0.153. The summed E-state index contributed by atoms with van der Waals surface area (Å²) in [6, 6.07) is 0. The van der Waals surface area contributed by atoms with Crippen molar-refractivity contribution in [3.8, 4) is 0 Å². The second-order valence-electron chi connectivity index (χ2n) is 10.9. The summed E-state index contributed by atoms with van der Waals surface area (Å²) in [4.78, 5) is 24.4. The van der Waals surface area contributed by atoms with Crippen LogP contribution in [0.15, 0.2) is 35.6 Å². The van der Waals surface area contributed by atoms with E-state index in [-0.39, 0.29) is 30.5 Å². The lowest BCUT2D eigenvalue weighted by Crippen LogP contribution is -2.33. The Bertz CT molecular complexity index is 799. The summed E-state index contributed by atoms with van der Waals surface area (Å²) in [6.45, 7) is 11.6. The van der Waals surface area contributed by atoms with Crippen LogP contribution in [0.3, 0.4) is 0 Å². The second-order valence-corrected chi connectivity index (χ2v) is 13.9. The first-order valence-corrected chi connectivity index (χ1v) is 16.5. The van der Waals surface area contributed by atoms with Crippen LogP contribution in [0.1, 0.15) is 98.8 Å². The Morgan fingerprint density at radius 3 is 2.70 bits per heavy atom. The molecule has 1 aliphatic carbocycles. The Labute approximate surface area is 233 Å². The molecule has 3 atom stereocenters. The quantitative estimate of drug-likeness (QED) is 0.0650. The van der Waals surface area contributed by atoms with E-state index in [9.17, 15) is 9.59 Å². The van der Waals surface area contributed by atoms with Gasteiger partial charge in [0.2, 0.25) is 12.7 Å². The maximum Gasteiger partial charge on any atom is 0.308 e. The van der Waals surface area contributed by atoms with Gasteiger partial charge in [0.15, 0.2) is 0 Å². The van der Waals surface area contributed by atoms with E-state index in [2.05, 4.69) is 58.2 Å². The van der Waals surface area contributed by atoms with Crippen molar-refractivity contribution in [3.63, 3.8) is 0 Å². The van der Waals surface area contributed by atoms with Crippen LogP contribution in [0.4, 0.5) is 0 Å². The monoisotopic (exact) mass is 551 g/mol. The smallest absolute Gasteiger partial charge is 0.308 e. The number of esters is 1. The van der Waals surface area contributed by atoms with Crippen LogP contribution >= 0.6 is 21.6 Å². The molecule has 1 heterocycles. The van der Waals surface area contributed by atoms with Crippen molar-refractivity contribution in [1.82, 2.24) is 5.32 Å². The third kappa shape index (κ3) is 12.4. The second kappa shape index (κ2) is 17.3. The normalized spacial score (nSPS) is 23.7. The van der Waals surface area contributed by atoms with Crippen molar-refractivity contribution < 1.29 is 19.1 Å². The van der Waals surface area contributed by atoms with Gasteiger partial charge in [-0.3, -0.25) is 9.59 Å². The van der Waals surface area contributed by atoms with Crippen molar-refractivity contribution >= 4 is 33.5 Å². The molecule has 0 radical (unpaired) electrons. The number of rotatable bonds is 17. The Morgan fingerprint density at radius 2 is 2.00 bits per heavy atom. The number of unbranched alkanes of at least 4 members (excludes halogenated alkanes) is 3. The topological polar surface area (TPSA) is 64.6 Å². The molecule has 2 rings (SSSR count). The Balaban J connectivity index is 1.64. The van der Waals surface area contributed by atoms with E-state index in [4.69, 9.17) is 9.47 Å². The lowest BCUT2D eigenvalue weighted by atomic mass is 9.81. The summed E-state index contributed by atoms with van der Waals surface area (Å²) >= 11 is 0. The maximum atomic E-state index is 12.3. The van der Waals surface area contributed by atoms with Crippen molar-refractivity contribution in [2.45, 2.75) is 104 Å². The van der Waals surface area contributed by atoms with E-state index in [1.54, 1.807) is 0 Å². The van der Waals surface area contributed by atoms with Crippen molar-refractivity contribution in [1.29, 1.82) is 0 Å². The first-order chi connectivity index (χ1) is 17.7. The van der Waals surface area contributed by atoms with E-state index in [1.807, 2.05) is 27.7 Å². The molecule has 1 N–H and O–H groups in total. The molecule has 210 valence electrons. The van der Waals surface area contributed by atoms with Crippen LogP contribution in [0.2, 0.25) is 0 Å². The third-order valence-electron chi connectivity index (χ3n) is 7.21. The summed E-state index contributed by atoms with van der Waals surface area (Å²) in [5.74, 6) is 3.04. The molecule has 1 fully saturated rings. The first kappa shape index (κ1) is 31.9. The molecular formula is C30H49NO4S2. The van der Waals surface area contributed by atoms with Crippen LogP contribution in [-0.4, -0.2) is 35.7 Å². The number of carbonyl (C=O) groups excluding carboxylic acids is 2. The van der Waals surface area contributed by atoms with Gasteiger partial charge in [0.05, 0.1) is 0 Å². The zero-order valence-corrected chi connectivity index (χ0v) is 25.3. The molecule has 1 saturated heterocycles. The maximum absolute atomic E-state index is 12.3. The van der Waals surface area contributed by atoms with Gasteiger partial charge in [0.25, 0.3) is 0 Å². The Morgan fingerprint density at radius 1 is 1.22 bits per heavy atom. The molecule has 5 nitrogen and oxygen atoms in total. The van der Waals surface area contributed by atoms with Crippen molar-refractivity contribution in [2.75, 3.05) is 19.1 Å². The Kier molecular flexibility index (Phi) is 14.9. The summed E-state index contributed by atoms with van der Waals surface area (Å²) in [6.07, 6.45) is 17.7. The molecule has 37 heavy (non-hydrogen) atoms. The fourth-order valence-electron chi connectivity index (χ4n) is 4.73. The average molecular weight is 552 g/mol. The van der Waals surface area contributed by atoms with Crippen LogP contribution < -0.4 is 5.32 Å². The zero-order chi connectivity index (χ0) is 27.1. The largest absolute Gasteiger partial charge is 0.457 e. The van der Waals surface area contributed by atoms with Crippen molar-refractivity contribution in [2.24, 2.45) is 17.8 Å². The minimum Gasteiger partial charge on any atom is -0.457 e. The van der Waals surface area contributed by atoms with Gasteiger partial charge < -0.3 is 14.8 Å². The van der Waals surface area contributed by atoms with E-state index in [1.165, 1.54) is 17.7 Å². The van der Waals surface area contributed by atoms with E-state index in [0.717, 1.165) is 50.7 Å². The Hall–Kier alpha value is -1.34. The van der Waals surface area contributed by atoms with Gasteiger partial charge in [-0.2, -0.15) is 0 Å². The van der Waals surface area contributed by atoms with Gasteiger partial charge in [-0.15, -0.1) is 0 Å². The van der Waals surface area contributed by atoms with Gasteiger partial charge in [0, 0.05) is 35.8 Å². The number of nitrogens with one attached hydrogen (secondary N) is 1. The molecule has 1 amide bonds. The fraction of sp³-hybridized carbons (Fsp3) is 0.733. The summed E-state index contributed by atoms with van der Waals surface area (Å²) in [5.41, 5.74) is 1.20. The molecule has 0 aromatic heterocycles. The van der Waals surface area contributed by atoms with Gasteiger partial charge in [-0.25, -0.2) is 0 Å². The predicted molar refractivity (Wildman–Crippen MR) is 158 cm³/mol. The minimum atomic E-state index is -0.193. The number of carbonyl (C=O) groups is 2. The van der Waals surface area contributed by atoms with Crippen LogP contribution in [-0.2, 0) is 19.1 Å². The summed E-state index contributed by atoms with van der Waals surface area (Å²) in [5, 5.41) is 3.11. The van der Waals surface area contributed by atoms with Crippen LogP contribution in [0, 0.1) is 17.8 Å². The number of allylic oxidation sites excluding steroid dienone is 4. The molecule has 0 spiro atoms. The van der Waals surface area contributed by atoms with Crippen LogP contribution in [0.25, 0.3) is 0 Å². The number of hydrogen-bond donors (Lipinski definition) is 1. The highest BCUT2D eigenvalue weighted by atomic mass is 33.1. The summed E-state index contributed by atoms with van der Waals surface area (Å²) in [7, 11) is 3.95. The highest BCUT2D eigenvalue weighted by Crippen LogP contribution is 2.49. The highest BCUT2D eigenvalue weighted by Gasteiger charge is 2.29. The molecule has 7 heteroatoms. The number of hydrogen-bond acceptors (Lipinski definition) is 6. The van der Waals surface area contributed by atoms with Gasteiger partial charge in [-0.05, 0) is 75.4 Å². The standard InChI is InChI=1S/C30H49NO4S2/c1-6-26-24(4)25(21-31-28(32)14-10-8-7-9-13-23(2)3)16-17-27(26)34-22-35-29(33)15-11-12-18-30(5)19-20-36-37-30/h9,13,16-17,23-25H,6-8,10-12,14-15,18-22H2,1-5H3,(H,31,32). The summed E-state index contributed by atoms with van der Waals surface area (Å²) < 4.78 is 11.6. The third-order valence-corrected chi connectivity index (χ3v) is 10.6. The molecule has 3 unspecified atom stereocenters. The SMILES string of the molecule is CCC1=C(OCOC(=O)CCCCC2(C)CCSS2)C=CC(CNC(=O)CCCCC=CC(C)C)C1C. The zero-order valence-electron chi connectivity index (χ0n) is 23.7. The molecule has 0 saturated carbocycles. The highest BCUT2D eigenvalue weighted by molar-refractivity contribution is 8.77. The molecule has 1 aliphatic heterocycles. The fourth-order valence-corrected chi connectivity index (χ4v) is 8.03. The molecule has 2 aliphatic rings. The van der Waals surface area contributed by atoms with Gasteiger partial charge >= 0.3 is 5.97 Å². The predicted octanol–water partition coefficient (Wildman–Crippen LogP) is 7.98. The molecule has 0 aromatic carbocycles.